The fraction of sp³-hybridized carbons (Fsp3) is 0.333. The van der Waals surface area contributed by atoms with Crippen molar-refractivity contribution in [3.63, 3.8) is 0 Å². The molecular weight excluding hydrogens is 266 g/mol. The first kappa shape index (κ1) is 13.7. The van der Waals surface area contributed by atoms with Crippen molar-refractivity contribution in [2.75, 3.05) is 20.5 Å². The Labute approximate surface area is 115 Å². The topological polar surface area (TPSA) is 83.4 Å². The molecule has 1 aromatic carbocycles. The number of hydrogen-bond acceptors (Lipinski definition) is 7. The molecule has 7 heteroatoms. The van der Waals surface area contributed by atoms with Crippen LogP contribution in [0.2, 0.25) is 0 Å². The number of hydrogen-bond donors (Lipinski definition) is 1. The lowest BCUT2D eigenvalue weighted by Gasteiger charge is -2.13. The lowest BCUT2D eigenvalue weighted by atomic mass is 10.2. The minimum Gasteiger partial charge on any atom is -0.493 e. The van der Waals surface area contributed by atoms with E-state index in [1.807, 2.05) is 18.4 Å². The van der Waals surface area contributed by atoms with E-state index in [2.05, 4.69) is 10.1 Å². The molecule has 102 valence electrons. The van der Waals surface area contributed by atoms with Gasteiger partial charge in [0.2, 0.25) is 11.7 Å². The van der Waals surface area contributed by atoms with Crippen LogP contribution in [-0.2, 0) is 6.54 Å². The van der Waals surface area contributed by atoms with Crippen LogP contribution in [-0.4, -0.2) is 30.6 Å². The molecule has 19 heavy (non-hydrogen) atoms. The Morgan fingerprint density at radius 1 is 1.32 bits per heavy atom. The molecule has 2 rings (SSSR count). The van der Waals surface area contributed by atoms with E-state index in [1.54, 1.807) is 14.2 Å². The van der Waals surface area contributed by atoms with Crippen molar-refractivity contribution in [1.29, 1.82) is 0 Å². The van der Waals surface area contributed by atoms with Gasteiger partial charge in [-0.3, -0.25) is 0 Å². The van der Waals surface area contributed by atoms with Gasteiger partial charge in [0.1, 0.15) is 0 Å². The van der Waals surface area contributed by atoms with E-state index in [4.69, 9.17) is 19.7 Å². The van der Waals surface area contributed by atoms with Gasteiger partial charge in [0.15, 0.2) is 11.5 Å². The van der Waals surface area contributed by atoms with Gasteiger partial charge >= 0.3 is 0 Å². The molecule has 0 spiro atoms. The van der Waals surface area contributed by atoms with E-state index in [-0.39, 0.29) is 6.54 Å². The number of nitrogens with zero attached hydrogens (tertiary/aromatic N) is 2. The molecule has 2 aromatic rings. The number of methoxy groups -OCH3 is 2. The summed E-state index contributed by atoms with van der Waals surface area (Å²) in [6, 6.07) is 3.69. The second kappa shape index (κ2) is 5.94. The van der Waals surface area contributed by atoms with Crippen molar-refractivity contribution in [3.05, 3.63) is 18.0 Å². The largest absolute Gasteiger partial charge is 0.493 e. The fourth-order valence-corrected chi connectivity index (χ4v) is 2.47. The summed E-state index contributed by atoms with van der Waals surface area (Å²) in [6.45, 7) is 0.217. The molecule has 2 N–H and O–H groups in total. The quantitative estimate of drug-likeness (QED) is 0.838. The van der Waals surface area contributed by atoms with Crippen molar-refractivity contribution >= 4 is 11.8 Å². The normalized spacial score (nSPS) is 10.5. The van der Waals surface area contributed by atoms with Crippen LogP contribution in [0.4, 0.5) is 0 Å². The first-order valence-corrected chi connectivity index (χ1v) is 6.79. The van der Waals surface area contributed by atoms with Gasteiger partial charge in [0, 0.05) is 5.56 Å². The standard InChI is InChI=1S/C12H15N3O3S/c1-16-8-5-4-7(11(19-3)10(8)17-2)12-14-9(6-13)18-15-12/h4-5H,6,13H2,1-3H3. The molecule has 1 aromatic heterocycles. The summed E-state index contributed by atoms with van der Waals surface area (Å²) in [4.78, 5) is 5.12. The predicted octanol–water partition coefficient (Wildman–Crippen LogP) is 1.93. The summed E-state index contributed by atoms with van der Waals surface area (Å²) in [5.41, 5.74) is 6.29. The van der Waals surface area contributed by atoms with Crippen LogP contribution in [0.1, 0.15) is 5.89 Å². The highest BCUT2D eigenvalue weighted by atomic mass is 32.2. The summed E-state index contributed by atoms with van der Waals surface area (Å²) < 4.78 is 15.7. The summed E-state index contributed by atoms with van der Waals surface area (Å²) in [6.07, 6.45) is 1.95. The molecule has 1 heterocycles. The van der Waals surface area contributed by atoms with Crippen molar-refractivity contribution < 1.29 is 14.0 Å². The average Bonchev–Trinajstić information content (AvgIpc) is 2.94. The Hall–Kier alpha value is -1.73. The maximum atomic E-state index is 5.47. The van der Waals surface area contributed by atoms with Gasteiger partial charge in [0.05, 0.1) is 25.7 Å². The number of nitrogens with two attached hydrogens (primary N) is 1. The summed E-state index contributed by atoms with van der Waals surface area (Å²) in [5, 5.41) is 3.92. The fourth-order valence-electron chi connectivity index (χ4n) is 1.72. The SMILES string of the molecule is COc1ccc(-c2noc(CN)n2)c(SC)c1OC. The highest BCUT2D eigenvalue weighted by Gasteiger charge is 2.18. The van der Waals surface area contributed by atoms with Gasteiger partial charge in [-0.25, -0.2) is 0 Å². The van der Waals surface area contributed by atoms with E-state index in [1.165, 1.54) is 11.8 Å². The Kier molecular flexibility index (Phi) is 4.28. The molecule has 0 saturated carbocycles. The predicted molar refractivity (Wildman–Crippen MR) is 72.5 cm³/mol. The van der Waals surface area contributed by atoms with Gasteiger partial charge < -0.3 is 19.7 Å². The molecule has 0 bridgehead atoms. The van der Waals surface area contributed by atoms with E-state index in [9.17, 15) is 0 Å². The maximum Gasteiger partial charge on any atom is 0.240 e. The minimum atomic E-state index is 0.217. The molecule has 6 nitrogen and oxygen atoms in total. The zero-order valence-electron chi connectivity index (χ0n) is 11.0. The van der Waals surface area contributed by atoms with Crippen molar-refractivity contribution in [2.24, 2.45) is 5.73 Å². The van der Waals surface area contributed by atoms with E-state index in [0.717, 1.165) is 10.5 Å². The summed E-state index contributed by atoms with van der Waals surface area (Å²) in [7, 11) is 3.20. The van der Waals surface area contributed by atoms with Crippen LogP contribution in [0, 0.1) is 0 Å². The van der Waals surface area contributed by atoms with Gasteiger partial charge in [-0.2, -0.15) is 4.98 Å². The molecule has 0 atom stereocenters. The molecular formula is C12H15N3O3S. The molecule has 0 aliphatic heterocycles. The van der Waals surface area contributed by atoms with Crippen LogP contribution in [0.5, 0.6) is 11.5 Å². The van der Waals surface area contributed by atoms with Crippen molar-refractivity contribution in [3.8, 4) is 22.9 Å². The zero-order chi connectivity index (χ0) is 13.8. The molecule has 0 amide bonds. The first-order chi connectivity index (χ1) is 9.24. The second-order valence-electron chi connectivity index (χ2n) is 3.60. The van der Waals surface area contributed by atoms with Crippen LogP contribution in [0.25, 0.3) is 11.4 Å². The highest BCUT2D eigenvalue weighted by Crippen LogP contribution is 2.42. The van der Waals surface area contributed by atoms with E-state index in [0.29, 0.717) is 23.2 Å². The molecule has 0 fully saturated rings. The minimum absolute atomic E-state index is 0.217. The number of aromatic nitrogens is 2. The number of thioether (sulfide) groups is 1. The van der Waals surface area contributed by atoms with Crippen LogP contribution < -0.4 is 15.2 Å². The Balaban J connectivity index is 2.56. The zero-order valence-corrected chi connectivity index (χ0v) is 11.8. The smallest absolute Gasteiger partial charge is 0.240 e. The summed E-state index contributed by atoms with van der Waals surface area (Å²) >= 11 is 1.53. The Morgan fingerprint density at radius 2 is 2.11 bits per heavy atom. The molecule has 0 unspecified atom stereocenters. The van der Waals surface area contributed by atoms with E-state index >= 15 is 0 Å². The van der Waals surface area contributed by atoms with Crippen LogP contribution in [0.15, 0.2) is 21.6 Å². The van der Waals surface area contributed by atoms with Gasteiger partial charge in [-0.1, -0.05) is 5.16 Å². The van der Waals surface area contributed by atoms with Crippen molar-refractivity contribution in [2.45, 2.75) is 11.4 Å². The molecule has 0 saturated heterocycles. The Morgan fingerprint density at radius 3 is 2.63 bits per heavy atom. The lowest BCUT2D eigenvalue weighted by molar-refractivity contribution is 0.348. The number of ether oxygens (including phenoxy) is 2. The van der Waals surface area contributed by atoms with E-state index < -0.39 is 0 Å². The van der Waals surface area contributed by atoms with Crippen LogP contribution >= 0.6 is 11.8 Å². The summed E-state index contributed by atoms with van der Waals surface area (Å²) in [5.74, 6) is 2.22. The third-order valence-electron chi connectivity index (χ3n) is 2.59. The lowest BCUT2D eigenvalue weighted by Crippen LogP contribution is -1.97. The third kappa shape index (κ3) is 2.52. The molecule has 0 aliphatic rings. The Bertz CT molecular complexity index is 571. The maximum absolute atomic E-state index is 5.47. The highest BCUT2D eigenvalue weighted by molar-refractivity contribution is 7.98. The molecule has 0 aliphatic carbocycles. The van der Waals surface area contributed by atoms with Crippen LogP contribution in [0.3, 0.4) is 0 Å². The first-order valence-electron chi connectivity index (χ1n) is 5.57. The number of benzene rings is 1. The second-order valence-corrected chi connectivity index (χ2v) is 4.41. The average molecular weight is 281 g/mol. The monoisotopic (exact) mass is 281 g/mol. The van der Waals surface area contributed by atoms with Gasteiger partial charge in [-0.05, 0) is 18.4 Å². The number of rotatable bonds is 5. The van der Waals surface area contributed by atoms with Gasteiger partial charge in [0.25, 0.3) is 0 Å². The van der Waals surface area contributed by atoms with Crippen molar-refractivity contribution in [1.82, 2.24) is 10.1 Å². The van der Waals surface area contributed by atoms with Gasteiger partial charge in [-0.15, -0.1) is 11.8 Å². The third-order valence-corrected chi connectivity index (χ3v) is 3.40. The molecule has 0 radical (unpaired) electrons.